The number of nitrogens with zero attached hydrogens (tertiary/aromatic N) is 1. The third-order valence-electron chi connectivity index (χ3n) is 3.65. The number of aliphatic hydroxyl groups is 1. The number of carbonyl (C=O) groups excluding carboxylic acids is 1. The number of rotatable bonds is 3. The van der Waals surface area contributed by atoms with Crippen molar-refractivity contribution in [2.45, 2.75) is 18.4 Å². The van der Waals surface area contributed by atoms with Crippen LogP contribution in [0.3, 0.4) is 0 Å². The van der Waals surface area contributed by atoms with Gasteiger partial charge >= 0.3 is 5.97 Å². The third kappa shape index (κ3) is 3.83. The van der Waals surface area contributed by atoms with E-state index in [1.807, 2.05) is 0 Å². The maximum absolute atomic E-state index is 11.8. The zero-order chi connectivity index (χ0) is 15.5. The predicted molar refractivity (Wildman–Crippen MR) is 77.9 cm³/mol. The molecule has 0 aliphatic carbocycles. The van der Waals surface area contributed by atoms with Gasteiger partial charge in [0.15, 0.2) is 0 Å². The zero-order valence-electron chi connectivity index (χ0n) is 11.3. The molecule has 2 rings (SSSR count). The second-order valence-corrected chi connectivity index (χ2v) is 5.47. The first-order chi connectivity index (χ1) is 9.90. The van der Waals surface area contributed by atoms with Gasteiger partial charge in [-0.2, -0.15) is 0 Å². The molecule has 1 amide bonds. The van der Waals surface area contributed by atoms with Crippen LogP contribution >= 0.6 is 11.6 Å². The smallest absolute Gasteiger partial charge is 0.328 e. The van der Waals surface area contributed by atoms with Crippen LogP contribution in [-0.4, -0.2) is 40.1 Å². The van der Waals surface area contributed by atoms with Crippen molar-refractivity contribution in [3.63, 3.8) is 0 Å². The highest BCUT2D eigenvalue weighted by molar-refractivity contribution is 6.30. The molecule has 0 radical (unpaired) electrons. The lowest BCUT2D eigenvalue weighted by atomic mass is 9.84. The number of aliphatic carboxylic acids is 1. The second kappa shape index (κ2) is 6.28. The first-order valence-electron chi connectivity index (χ1n) is 6.59. The molecule has 0 bridgehead atoms. The Hall–Kier alpha value is -1.85. The number of amides is 1. The Morgan fingerprint density at radius 2 is 1.71 bits per heavy atom. The molecule has 0 spiro atoms. The van der Waals surface area contributed by atoms with Gasteiger partial charge in [0.05, 0.1) is 5.60 Å². The van der Waals surface area contributed by atoms with Gasteiger partial charge in [0.1, 0.15) is 0 Å². The second-order valence-electron chi connectivity index (χ2n) is 5.04. The van der Waals surface area contributed by atoms with E-state index in [0.717, 1.165) is 17.7 Å². The lowest BCUT2D eigenvalue weighted by Gasteiger charge is -2.38. The standard InChI is InChI=1S/C15H16ClNO4/c16-12-3-1-11(2-4-12)15(21)7-9-17(10-8-15)13(18)5-6-14(19)20/h1-6,21H,7-10H2,(H,19,20)/b6-5-. The lowest BCUT2D eigenvalue weighted by Crippen LogP contribution is -2.44. The molecule has 0 aromatic heterocycles. The summed E-state index contributed by atoms with van der Waals surface area (Å²) >= 11 is 5.83. The Bertz CT molecular complexity index is 560. The van der Waals surface area contributed by atoms with Crippen LogP contribution in [0.15, 0.2) is 36.4 Å². The quantitative estimate of drug-likeness (QED) is 0.835. The summed E-state index contributed by atoms with van der Waals surface area (Å²) in [6.45, 7) is 0.754. The number of hydrogen-bond acceptors (Lipinski definition) is 3. The van der Waals surface area contributed by atoms with E-state index in [1.165, 1.54) is 4.90 Å². The Morgan fingerprint density at radius 1 is 1.14 bits per heavy atom. The predicted octanol–water partition coefficient (Wildman–Crippen LogP) is 1.79. The summed E-state index contributed by atoms with van der Waals surface area (Å²) in [5, 5.41) is 19.8. The Morgan fingerprint density at radius 3 is 2.24 bits per heavy atom. The van der Waals surface area contributed by atoms with Crippen LogP contribution in [-0.2, 0) is 15.2 Å². The minimum absolute atomic E-state index is 0.351. The Balaban J connectivity index is 2.00. The van der Waals surface area contributed by atoms with Crippen molar-refractivity contribution in [1.82, 2.24) is 4.90 Å². The fraction of sp³-hybridized carbons (Fsp3) is 0.333. The summed E-state index contributed by atoms with van der Waals surface area (Å²) in [7, 11) is 0. The van der Waals surface area contributed by atoms with Crippen molar-refractivity contribution in [2.24, 2.45) is 0 Å². The first kappa shape index (κ1) is 15.5. The summed E-state index contributed by atoms with van der Waals surface area (Å²) < 4.78 is 0. The fourth-order valence-electron chi connectivity index (χ4n) is 2.39. The van der Waals surface area contributed by atoms with Crippen LogP contribution in [0.25, 0.3) is 0 Å². The number of benzene rings is 1. The van der Waals surface area contributed by atoms with Gasteiger partial charge in [-0.05, 0) is 30.5 Å². The zero-order valence-corrected chi connectivity index (χ0v) is 12.1. The average molecular weight is 310 g/mol. The SMILES string of the molecule is O=C(O)/C=C\C(=O)N1CCC(O)(c2ccc(Cl)cc2)CC1. The van der Waals surface area contributed by atoms with Gasteiger partial charge in [-0.25, -0.2) is 4.79 Å². The number of likely N-dealkylation sites (tertiary alicyclic amines) is 1. The minimum atomic E-state index is -1.15. The maximum atomic E-state index is 11.8. The van der Waals surface area contributed by atoms with Crippen molar-refractivity contribution in [3.8, 4) is 0 Å². The van der Waals surface area contributed by atoms with Crippen LogP contribution < -0.4 is 0 Å². The molecular formula is C15H16ClNO4. The van der Waals surface area contributed by atoms with Crippen LogP contribution in [0.4, 0.5) is 0 Å². The Kier molecular flexibility index (Phi) is 4.65. The van der Waals surface area contributed by atoms with Crippen molar-refractivity contribution < 1.29 is 19.8 Å². The molecular weight excluding hydrogens is 294 g/mol. The number of carboxylic acids is 1. The highest BCUT2D eigenvalue weighted by atomic mass is 35.5. The average Bonchev–Trinajstić information content (AvgIpc) is 2.46. The molecule has 1 aliphatic rings. The van der Waals surface area contributed by atoms with Crippen LogP contribution in [0.2, 0.25) is 5.02 Å². The number of carboxylic acid groups (broad SMARTS) is 1. The monoisotopic (exact) mass is 309 g/mol. The normalized spacial score (nSPS) is 17.9. The van der Waals surface area contributed by atoms with E-state index in [4.69, 9.17) is 16.7 Å². The largest absolute Gasteiger partial charge is 0.478 e. The molecule has 6 heteroatoms. The summed E-state index contributed by atoms with van der Waals surface area (Å²) in [5.74, 6) is -1.51. The van der Waals surface area contributed by atoms with E-state index in [1.54, 1.807) is 24.3 Å². The van der Waals surface area contributed by atoms with Gasteiger partial charge in [0.25, 0.3) is 0 Å². The molecule has 1 aromatic carbocycles. The van der Waals surface area contributed by atoms with E-state index in [0.29, 0.717) is 31.0 Å². The maximum Gasteiger partial charge on any atom is 0.328 e. The molecule has 112 valence electrons. The molecule has 2 N–H and O–H groups in total. The number of hydrogen-bond donors (Lipinski definition) is 2. The van der Waals surface area contributed by atoms with Gasteiger partial charge < -0.3 is 15.1 Å². The third-order valence-corrected chi connectivity index (χ3v) is 3.90. The number of carbonyl (C=O) groups is 2. The topological polar surface area (TPSA) is 77.8 Å². The van der Waals surface area contributed by atoms with Gasteiger partial charge in [-0.1, -0.05) is 23.7 Å². The first-order valence-corrected chi connectivity index (χ1v) is 6.97. The molecule has 1 fully saturated rings. The van der Waals surface area contributed by atoms with Gasteiger partial charge in [0, 0.05) is 30.3 Å². The van der Waals surface area contributed by atoms with E-state index in [2.05, 4.69) is 0 Å². The highest BCUT2D eigenvalue weighted by Gasteiger charge is 2.34. The molecule has 0 unspecified atom stereocenters. The van der Waals surface area contributed by atoms with Gasteiger partial charge in [-0.15, -0.1) is 0 Å². The van der Waals surface area contributed by atoms with E-state index in [-0.39, 0.29) is 5.91 Å². The minimum Gasteiger partial charge on any atom is -0.478 e. The van der Waals surface area contributed by atoms with Crippen molar-refractivity contribution in [3.05, 3.63) is 47.0 Å². The molecule has 1 aliphatic heterocycles. The summed E-state index contributed by atoms with van der Waals surface area (Å²) in [6.07, 6.45) is 2.67. The number of piperidine rings is 1. The molecule has 5 nitrogen and oxygen atoms in total. The number of halogens is 1. The Labute approximate surface area is 127 Å². The molecule has 0 saturated carbocycles. The van der Waals surface area contributed by atoms with Crippen molar-refractivity contribution in [1.29, 1.82) is 0 Å². The molecule has 1 aromatic rings. The van der Waals surface area contributed by atoms with Gasteiger partial charge in [0.2, 0.25) is 5.91 Å². The van der Waals surface area contributed by atoms with Crippen molar-refractivity contribution in [2.75, 3.05) is 13.1 Å². The molecule has 1 saturated heterocycles. The van der Waals surface area contributed by atoms with Crippen molar-refractivity contribution >= 4 is 23.5 Å². The molecule has 0 atom stereocenters. The van der Waals surface area contributed by atoms with E-state index < -0.39 is 11.6 Å². The molecule has 21 heavy (non-hydrogen) atoms. The lowest BCUT2D eigenvalue weighted by molar-refractivity contribution is -0.133. The van der Waals surface area contributed by atoms with E-state index >= 15 is 0 Å². The fourth-order valence-corrected chi connectivity index (χ4v) is 2.52. The van der Waals surface area contributed by atoms with Crippen LogP contribution in [0.1, 0.15) is 18.4 Å². The highest BCUT2D eigenvalue weighted by Crippen LogP contribution is 2.33. The van der Waals surface area contributed by atoms with E-state index in [9.17, 15) is 14.7 Å². The van der Waals surface area contributed by atoms with Crippen LogP contribution in [0, 0.1) is 0 Å². The van der Waals surface area contributed by atoms with Gasteiger partial charge in [-0.3, -0.25) is 4.79 Å². The summed E-state index contributed by atoms with van der Waals surface area (Å²) in [6, 6.07) is 7.01. The summed E-state index contributed by atoms with van der Waals surface area (Å²) in [5.41, 5.74) is -0.196. The summed E-state index contributed by atoms with van der Waals surface area (Å²) in [4.78, 5) is 23.7. The molecule has 1 heterocycles. The van der Waals surface area contributed by atoms with Crippen LogP contribution in [0.5, 0.6) is 0 Å².